The van der Waals surface area contributed by atoms with Gasteiger partial charge in [0.05, 0.1) is 21.8 Å². The summed E-state index contributed by atoms with van der Waals surface area (Å²) >= 11 is 0. The molecule has 1 aromatic heterocycles. The van der Waals surface area contributed by atoms with E-state index in [1.807, 2.05) is 6.07 Å². The normalized spacial score (nSPS) is 18.2. The molecule has 0 bridgehead atoms. The maximum atomic E-state index is 12.9. The summed E-state index contributed by atoms with van der Waals surface area (Å²) in [5.41, 5.74) is 1.09. The van der Waals surface area contributed by atoms with Crippen molar-refractivity contribution in [1.29, 1.82) is 0 Å². The number of para-hydroxylation sites is 1. The number of nitro benzene ring substituents is 1. The van der Waals surface area contributed by atoms with Gasteiger partial charge in [0.25, 0.3) is 5.69 Å². The molecule has 0 saturated carbocycles. The summed E-state index contributed by atoms with van der Waals surface area (Å²) in [5.74, 6) is 0.206. The van der Waals surface area contributed by atoms with Gasteiger partial charge in [-0.25, -0.2) is 4.79 Å². The SMILES string of the molecule is O=C1CCCC2=C1C(c1ccc([N+](=O)[O-])cc1)c1c(c3ccccc3oc1=O)O2. The zero-order valence-corrected chi connectivity index (χ0v) is 15.2. The highest BCUT2D eigenvalue weighted by atomic mass is 16.6. The summed E-state index contributed by atoms with van der Waals surface area (Å²) in [4.78, 5) is 36.3. The summed E-state index contributed by atoms with van der Waals surface area (Å²) in [6.07, 6.45) is 1.65. The third-order valence-corrected chi connectivity index (χ3v) is 5.45. The number of fused-ring (bicyclic) bond motifs is 3. The molecular weight excluding hydrogens is 374 g/mol. The lowest BCUT2D eigenvalue weighted by molar-refractivity contribution is -0.384. The smallest absolute Gasteiger partial charge is 0.344 e. The van der Waals surface area contributed by atoms with E-state index in [0.29, 0.717) is 52.9 Å². The highest BCUT2D eigenvalue weighted by molar-refractivity contribution is 6.00. The van der Waals surface area contributed by atoms with Crippen molar-refractivity contribution in [1.82, 2.24) is 0 Å². The van der Waals surface area contributed by atoms with Crippen LogP contribution in [0.2, 0.25) is 0 Å². The van der Waals surface area contributed by atoms with E-state index in [1.165, 1.54) is 12.1 Å². The van der Waals surface area contributed by atoms with Gasteiger partial charge in [-0.3, -0.25) is 14.9 Å². The van der Waals surface area contributed by atoms with Crippen LogP contribution < -0.4 is 10.4 Å². The van der Waals surface area contributed by atoms with E-state index in [4.69, 9.17) is 9.15 Å². The summed E-state index contributed by atoms with van der Waals surface area (Å²) in [5, 5.41) is 11.7. The molecule has 7 nitrogen and oxygen atoms in total. The molecule has 1 atom stereocenters. The molecule has 2 aromatic carbocycles. The number of non-ortho nitro benzene ring substituents is 1. The topological polar surface area (TPSA) is 99.6 Å². The fourth-order valence-electron chi connectivity index (χ4n) is 4.15. The number of ketones is 1. The molecule has 0 N–H and O–H groups in total. The van der Waals surface area contributed by atoms with Crippen LogP contribution in [-0.4, -0.2) is 10.7 Å². The second kappa shape index (κ2) is 6.41. The summed E-state index contributed by atoms with van der Waals surface area (Å²) in [6, 6.07) is 13.0. The Kier molecular flexibility index (Phi) is 3.84. The van der Waals surface area contributed by atoms with Crippen LogP contribution in [-0.2, 0) is 4.79 Å². The van der Waals surface area contributed by atoms with Gasteiger partial charge in [0.2, 0.25) is 0 Å². The molecule has 7 heteroatoms. The van der Waals surface area contributed by atoms with Gasteiger partial charge in [0.15, 0.2) is 5.78 Å². The lowest BCUT2D eigenvalue weighted by Crippen LogP contribution is -2.29. The number of rotatable bonds is 2. The van der Waals surface area contributed by atoms with Gasteiger partial charge in [-0.15, -0.1) is 0 Å². The molecule has 2 heterocycles. The summed E-state index contributed by atoms with van der Waals surface area (Å²) in [6.45, 7) is 0. The molecule has 29 heavy (non-hydrogen) atoms. The fourth-order valence-corrected chi connectivity index (χ4v) is 4.15. The molecule has 0 saturated heterocycles. The first-order valence-electron chi connectivity index (χ1n) is 9.29. The van der Waals surface area contributed by atoms with Crippen molar-refractivity contribution in [3.8, 4) is 5.75 Å². The second-order valence-corrected chi connectivity index (χ2v) is 7.13. The predicted octanol–water partition coefficient (Wildman–Crippen LogP) is 4.23. The molecular formula is C22H15NO6. The molecule has 3 aromatic rings. The molecule has 2 aliphatic rings. The number of carbonyl (C=O) groups excluding carboxylic acids is 1. The van der Waals surface area contributed by atoms with Crippen LogP contribution in [0.5, 0.6) is 5.75 Å². The molecule has 1 aliphatic carbocycles. The molecule has 0 spiro atoms. The summed E-state index contributed by atoms with van der Waals surface area (Å²) < 4.78 is 11.6. The van der Waals surface area contributed by atoms with Gasteiger partial charge in [0.1, 0.15) is 17.1 Å². The molecule has 144 valence electrons. The average Bonchev–Trinajstić information content (AvgIpc) is 2.73. The van der Waals surface area contributed by atoms with Gasteiger partial charge in [-0.05, 0) is 24.1 Å². The first-order valence-corrected chi connectivity index (χ1v) is 9.29. The maximum absolute atomic E-state index is 12.9. The predicted molar refractivity (Wildman–Crippen MR) is 104 cm³/mol. The Bertz CT molecular complexity index is 1270. The van der Waals surface area contributed by atoms with E-state index in [9.17, 15) is 19.7 Å². The third-order valence-electron chi connectivity index (χ3n) is 5.45. The Balaban J connectivity index is 1.80. The Labute approximate surface area is 164 Å². The third kappa shape index (κ3) is 2.66. The first-order chi connectivity index (χ1) is 14.0. The van der Waals surface area contributed by atoms with Gasteiger partial charge in [0, 0.05) is 30.5 Å². The number of hydrogen-bond donors (Lipinski definition) is 0. The second-order valence-electron chi connectivity index (χ2n) is 7.13. The highest BCUT2D eigenvalue weighted by Crippen LogP contribution is 2.47. The van der Waals surface area contributed by atoms with Crippen LogP contribution in [0.25, 0.3) is 11.0 Å². The Hall–Kier alpha value is -3.74. The number of benzene rings is 2. The Morgan fingerprint density at radius 1 is 1.00 bits per heavy atom. The molecule has 1 aliphatic heterocycles. The number of nitro groups is 1. The average molecular weight is 389 g/mol. The molecule has 1 unspecified atom stereocenters. The van der Waals surface area contributed by atoms with Crippen molar-refractivity contribution < 1.29 is 18.9 Å². The van der Waals surface area contributed by atoms with Gasteiger partial charge in [-0.2, -0.15) is 0 Å². The minimum Gasteiger partial charge on any atom is -0.460 e. The van der Waals surface area contributed by atoms with Gasteiger partial charge < -0.3 is 9.15 Å². The first kappa shape index (κ1) is 17.4. The van der Waals surface area contributed by atoms with E-state index < -0.39 is 16.5 Å². The van der Waals surface area contributed by atoms with E-state index in [1.54, 1.807) is 30.3 Å². The lowest BCUT2D eigenvalue weighted by atomic mass is 9.77. The Morgan fingerprint density at radius 2 is 1.76 bits per heavy atom. The zero-order chi connectivity index (χ0) is 20.1. The van der Waals surface area contributed by atoms with Crippen molar-refractivity contribution in [2.24, 2.45) is 0 Å². The largest absolute Gasteiger partial charge is 0.460 e. The molecule has 0 radical (unpaired) electrons. The maximum Gasteiger partial charge on any atom is 0.344 e. The number of allylic oxidation sites excluding steroid dienone is 2. The minimum atomic E-state index is -0.678. The van der Waals surface area contributed by atoms with Crippen molar-refractivity contribution in [3.63, 3.8) is 0 Å². The van der Waals surface area contributed by atoms with Crippen molar-refractivity contribution in [2.75, 3.05) is 0 Å². The number of hydrogen-bond acceptors (Lipinski definition) is 6. The number of ether oxygens (including phenoxy) is 1. The number of carbonyl (C=O) groups is 1. The van der Waals surface area contributed by atoms with Crippen LogP contribution in [0.3, 0.4) is 0 Å². The van der Waals surface area contributed by atoms with E-state index in [-0.39, 0.29) is 17.0 Å². The van der Waals surface area contributed by atoms with Crippen LogP contribution >= 0.6 is 0 Å². The molecule has 0 fully saturated rings. The summed E-state index contributed by atoms with van der Waals surface area (Å²) in [7, 11) is 0. The van der Waals surface area contributed by atoms with Gasteiger partial charge >= 0.3 is 5.63 Å². The monoisotopic (exact) mass is 389 g/mol. The highest BCUT2D eigenvalue weighted by Gasteiger charge is 2.40. The molecule has 0 amide bonds. The van der Waals surface area contributed by atoms with Crippen molar-refractivity contribution in [3.05, 3.63) is 91.5 Å². The van der Waals surface area contributed by atoms with Crippen LogP contribution in [0, 0.1) is 10.1 Å². The van der Waals surface area contributed by atoms with Crippen LogP contribution in [0.1, 0.15) is 36.3 Å². The standard InChI is InChI=1S/C22H15NO6/c24-15-5-3-7-17-19(15)18(12-8-10-13(11-9-12)23(26)27)20-21(28-17)14-4-1-2-6-16(14)29-22(20)25/h1-2,4,6,8-11,18H,3,5,7H2. The number of nitrogens with zero attached hydrogens (tertiary/aromatic N) is 1. The minimum absolute atomic E-state index is 0.0595. The van der Waals surface area contributed by atoms with Crippen LogP contribution in [0.15, 0.2) is 69.1 Å². The quantitative estimate of drug-likeness (QED) is 0.369. The molecule has 5 rings (SSSR count). The van der Waals surface area contributed by atoms with E-state index in [0.717, 1.165) is 0 Å². The number of Topliss-reactive ketones (excluding diaryl/α,β-unsaturated/α-hetero) is 1. The Morgan fingerprint density at radius 3 is 2.52 bits per heavy atom. The fraction of sp³-hybridized carbons (Fsp3) is 0.182. The van der Waals surface area contributed by atoms with Crippen molar-refractivity contribution in [2.45, 2.75) is 25.2 Å². The van der Waals surface area contributed by atoms with Gasteiger partial charge in [-0.1, -0.05) is 24.3 Å². The van der Waals surface area contributed by atoms with Crippen LogP contribution in [0.4, 0.5) is 5.69 Å². The van der Waals surface area contributed by atoms with Crippen molar-refractivity contribution >= 4 is 22.4 Å². The lowest BCUT2D eigenvalue weighted by Gasteiger charge is -2.32. The zero-order valence-electron chi connectivity index (χ0n) is 15.2. The van der Waals surface area contributed by atoms with E-state index >= 15 is 0 Å². The van der Waals surface area contributed by atoms with E-state index in [2.05, 4.69) is 0 Å².